The molecule has 0 bridgehead atoms. The van der Waals surface area contributed by atoms with Crippen LogP contribution in [-0.2, 0) is 9.31 Å². The maximum absolute atomic E-state index is 6.24. The molecule has 2 aliphatic heterocycles. The quantitative estimate of drug-likeness (QED) is 0.863. The summed E-state index contributed by atoms with van der Waals surface area (Å²) < 4.78 is 12.5. The van der Waals surface area contributed by atoms with Gasteiger partial charge in [-0.2, -0.15) is 0 Å². The molecule has 0 amide bonds. The lowest BCUT2D eigenvalue weighted by Gasteiger charge is -2.32. The minimum atomic E-state index is -0.283. The Morgan fingerprint density at radius 1 is 1.04 bits per heavy atom. The zero-order valence-corrected chi connectivity index (χ0v) is 15.4. The summed E-state index contributed by atoms with van der Waals surface area (Å²) in [6, 6.07) is 6.84. The summed E-state index contributed by atoms with van der Waals surface area (Å²) in [6.07, 6.45) is 2.62. The van der Waals surface area contributed by atoms with Crippen LogP contribution in [0.1, 0.15) is 52.0 Å². The molecule has 4 rings (SSSR count). The van der Waals surface area contributed by atoms with E-state index in [0.29, 0.717) is 0 Å². The topological polar surface area (TPSA) is 33.7 Å². The first-order chi connectivity index (χ1) is 11.4. The molecule has 4 nitrogen and oxygen atoms in total. The molecule has 1 aromatic carbocycles. The van der Waals surface area contributed by atoms with Gasteiger partial charge in [-0.25, -0.2) is 0 Å². The highest BCUT2D eigenvalue weighted by Crippen LogP contribution is 2.44. The van der Waals surface area contributed by atoms with E-state index in [4.69, 9.17) is 9.31 Å². The fraction of sp³-hybridized carbons (Fsp3) is 0.684. The number of hydrogen-bond donors (Lipinski definition) is 1. The molecule has 2 heterocycles. The number of nitrogens with zero attached hydrogens (tertiary/aromatic N) is 1. The van der Waals surface area contributed by atoms with Gasteiger partial charge in [-0.1, -0.05) is 12.1 Å². The Bertz CT molecular complexity index is 606. The van der Waals surface area contributed by atoms with Crippen LogP contribution in [0.3, 0.4) is 0 Å². The summed E-state index contributed by atoms with van der Waals surface area (Å²) in [4.78, 5) is 2.53. The van der Waals surface area contributed by atoms with Crippen molar-refractivity contribution in [1.82, 2.24) is 5.32 Å². The highest BCUT2D eigenvalue weighted by Gasteiger charge is 2.51. The molecule has 0 unspecified atom stereocenters. The monoisotopic (exact) mass is 328 g/mol. The average molecular weight is 328 g/mol. The Labute approximate surface area is 146 Å². The molecule has 1 aliphatic carbocycles. The van der Waals surface area contributed by atoms with Crippen molar-refractivity contribution in [2.24, 2.45) is 0 Å². The average Bonchev–Trinajstić information content (AvgIpc) is 3.35. The predicted molar refractivity (Wildman–Crippen MR) is 99.2 cm³/mol. The van der Waals surface area contributed by atoms with E-state index in [-0.39, 0.29) is 18.3 Å². The molecule has 0 atom stereocenters. The number of piperazine rings is 1. The van der Waals surface area contributed by atoms with E-state index in [0.717, 1.165) is 37.6 Å². The minimum absolute atomic E-state index is 0.260. The molecule has 1 saturated carbocycles. The van der Waals surface area contributed by atoms with Crippen LogP contribution in [0.5, 0.6) is 0 Å². The van der Waals surface area contributed by atoms with Gasteiger partial charge in [0.1, 0.15) is 0 Å². The number of anilines is 1. The summed E-state index contributed by atoms with van der Waals surface area (Å²) in [7, 11) is -0.260. The molecule has 1 aromatic rings. The summed E-state index contributed by atoms with van der Waals surface area (Å²) in [5.41, 5.74) is 3.50. The Balaban J connectivity index is 1.63. The summed E-state index contributed by atoms with van der Waals surface area (Å²) in [6.45, 7) is 12.8. The summed E-state index contributed by atoms with van der Waals surface area (Å²) >= 11 is 0. The third-order valence-corrected chi connectivity index (χ3v) is 6.05. The van der Waals surface area contributed by atoms with Gasteiger partial charge in [-0.05, 0) is 63.5 Å². The van der Waals surface area contributed by atoms with E-state index < -0.39 is 0 Å². The van der Waals surface area contributed by atoms with Crippen LogP contribution in [0.2, 0.25) is 0 Å². The van der Waals surface area contributed by atoms with Crippen LogP contribution in [0.4, 0.5) is 5.69 Å². The number of benzene rings is 1. The summed E-state index contributed by atoms with van der Waals surface area (Å²) in [5.74, 6) is 0.720. The van der Waals surface area contributed by atoms with Crippen LogP contribution in [-0.4, -0.2) is 44.5 Å². The zero-order valence-electron chi connectivity index (χ0n) is 15.4. The third kappa shape index (κ3) is 2.87. The van der Waals surface area contributed by atoms with Crippen molar-refractivity contribution < 1.29 is 9.31 Å². The van der Waals surface area contributed by atoms with Crippen LogP contribution in [0.25, 0.3) is 0 Å². The second-order valence-electron chi connectivity index (χ2n) is 8.42. The lowest BCUT2D eigenvalue weighted by Crippen LogP contribution is -2.44. The van der Waals surface area contributed by atoms with Gasteiger partial charge in [0.15, 0.2) is 0 Å². The van der Waals surface area contributed by atoms with Crippen molar-refractivity contribution in [3.63, 3.8) is 0 Å². The van der Waals surface area contributed by atoms with Gasteiger partial charge < -0.3 is 19.5 Å². The van der Waals surface area contributed by atoms with Crippen LogP contribution in [0, 0.1) is 0 Å². The number of hydrogen-bond acceptors (Lipinski definition) is 4. The fourth-order valence-electron chi connectivity index (χ4n) is 3.61. The van der Waals surface area contributed by atoms with E-state index in [1.807, 2.05) is 0 Å². The van der Waals surface area contributed by atoms with E-state index in [1.165, 1.54) is 24.1 Å². The smallest absolute Gasteiger partial charge is 0.399 e. The van der Waals surface area contributed by atoms with Gasteiger partial charge in [0.2, 0.25) is 0 Å². The molecule has 1 N–H and O–H groups in total. The number of rotatable bonds is 3. The first kappa shape index (κ1) is 16.4. The van der Waals surface area contributed by atoms with Crippen LogP contribution >= 0.6 is 0 Å². The van der Waals surface area contributed by atoms with Crippen molar-refractivity contribution in [1.29, 1.82) is 0 Å². The highest BCUT2D eigenvalue weighted by molar-refractivity contribution is 6.62. The molecule has 0 radical (unpaired) electrons. The lowest BCUT2D eigenvalue weighted by molar-refractivity contribution is 0.00578. The second kappa shape index (κ2) is 5.75. The Morgan fingerprint density at radius 3 is 2.25 bits per heavy atom. The van der Waals surface area contributed by atoms with Crippen molar-refractivity contribution in [2.45, 2.75) is 57.7 Å². The second-order valence-corrected chi connectivity index (χ2v) is 8.42. The molecule has 24 heavy (non-hydrogen) atoms. The molecule has 0 spiro atoms. The lowest BCUT2D eigenvalue weighted by atomic mass is 9.77. The normalized spacial score (nSPS) is 26.0. The summed E-state index contributed by atoms with van der Waals surface area (Å²) in [5, 5.41) is 3.44. The third-order valence-electron chi connectivity index (χ3n) is 6.05. The predicted octanol–water partition coefficient (Wildman–Crippen LogP) is 2.27. The van der Waals surface area contributed by atoms with Crippen LogP contribution in [0.15, 0.2) is 18.2 Å². The van der Waals surface area contributed by atoms with Crippen LogP contribution < -0.4 is 15.7 Å². The zero-order chi connectivity index (χ0) is 16.9. The molecule has 3 fully saturated rings. The van der Waals surface area contributed by atoms with Crippen molar-refractivity contribution in [2.75, 3.05) is 31.1 Å². The van der Waals surface area contributed by atoms with E-state index in [1.54, 1.807) is 0 Å². The molecular formula is C19H29BN2O2. The standard InChI is InChI=1S/C19H29BN2O2/c1-18(2)19(3,4)24-20(23-18)15-7-8-17(16(13-15)14-5-6-14)22-11-9-21-10-12-22/h7-8,13-14,21H,5-6,9-12H2,1-4H3. The van der Waals surface area contributed by atoms with Gasteiger partial charge in [-0.15, -0.1) is 0 Å². The molecule has 130 valence electrons. The Kier molecular flexibility index (Phi) is 3.94. The van der Waals surface area contributed by atoms with Crippen molar-refractivity contribution >= 4 is 18.3 Å². The fourth-order valence-corrected chi connectivity index (χ4v) is 3.61. The first-order valence-corrected chi connectivity index (χ1v) is 9.32. The molecular weight excluding hydrogens is 299 g/mol. The van der Waals surface area contributed by atoms with E-state index in [2.05, 4.69) is 56.1 Å². The Hall–Kier alpha value is -1.04. The van der Waals surface area contributed by atoms with Gasteiger partial charge in [0, 0.05) is 31.9 Å². The van der Waals surface area contributed by atoms with E-state index >= 15 is 0 Å². The van der Waals surface area contributed by atoms with Gasteiger partial charge >= 0.3 is 7.12 Å². The van der Waals surface area contributed by atoms with Crippen molar-refractivity contribution in [3.8, 4) is 0 Å². The molecule has 3 aliphatic rings. The maximum Gasteiger partial charge on any atom is 0.494 e. The molecule has 0 aromatic heterocycles. The Morgan fingerprint density at radius 2 is 1.67 bits per heavy atom. The van der Waals surface area contributed by atoms with Gasteiger partial charge in [-0.3, -0.25) is 0 Å². The SMILES string of the molecule is CC1(C)OB(c2ccc(N3CCNCC3)c(C3CC3)c2)OC1(C)C. The molecule has 5 heteroatoms. The van der Waals surface area contributed by atoms with Crippen molar-refractivity contribution in [3.05, 3.63) is 23.8 Å². The van der Waals surface area contributed by atoms with E-state index in [9.17, 15) is 0 Å². The van der Waals surface area contributed by atoms with Gasteiger partial charge in [0.05, 0.1) is 11.2 Å². The maximum atomic E-state index is 6.24. The number of nitrogens with one attached hydrogen (secondary N) is 1. The van der Waals surface area contributed by atoms with Gasteiger partial charge in [0.25, 0.3) is 0 Å². The minimum Gasteiger partial charge on any atom is -0.399 e. The highest BCUT2D eigenvalue weighted by atomic mass is 16.7. The largest absolute Gasteiger partial charge is 0.494 e. The molecule has 2 saturated heterocycles. The first-order valence-electron chi connectivity index (χ1n) is 9.32.